The lowest BCUT2D eigenvalue weighted by Crippen LogP contribution is -2.41. The first-order valence-corrected chi connectivity index (χ1v) is 17.6. The van der Waals surface area contributed by atoms with Gasteiger partial charge in [0.05, 0.1) is 19.8 Å². The third kappa shape index (κ3) is 10.9. The number of nitrogens with one attached hydrogen (secondary N) is 2. The average Bonchev–Trinajstić information content (AvgIpc) is 3.12. The second kappa shape index (κ2) is 19.0. The first kappa shape index (κ1) is 37.5. The van der Waals surface area contributed by atoms with Gasteiger partial charge in [-0.25, -0.2) is 4.79 Å². The molecule has 1 saturated heterocycles. The van der Waals surface area contributed by atoms with Crippen LogP contribution in [0.1, 0.15) is 76.6 Å². The molecule has 4 rings (SSSR count). The van der Waals surface area contributed by atoms with Crippen molar-refractivity contribution in [2.45, 2.75) is 84.4 Å². The highest BCUT2D eigenvalue weighted by Gasteiger charge is 2.25. The molecule has 2 N–H and O–H groups in total. The van der Waals surface area contributed by atoms with E-state index in [1.165, 1.54) is 12.8 Å². The molecule has 1 atom stereocenters. The van der Waals surface area contributed by atoms with Gasteiger partial charge in [0.2, 0.25) is 0 Å². The molecule has 0 radical (unpaired) electrons. The molecule has 1 fully saturated rings. The number of carbonyl (C=O) groups is 2. The number of likely N-dealkylation sites (tertiary alicyclic amines) is 1. The van der Waals surface area contributed by atoms with Gasteiger partial charge < -0.3 is 39.4 Å². The molecule has 1 aliphatic rings. The van der Waals surface area contributed by atoms with Gasteiger partial charge in [-0.3, -0.25) is 4.79 Å². The zero-order valence-corrected chi connectivity index (χ0v) is 30.0. The Kier molecular flexibility index (Phi) is 14.6. The van der Waals surface area contributed by atoms with Crippen LogP contribution in [0.5, 0.6) is 23.0 Å². The molecule has 3 aromatic carbocycles. The van der Waals surface area contributed by atoms with Gasteiger partial charge in [0.15, 0.2) is 11.5 Å². The first-order chi connectivity index (χ1) is 23.8. The van der Waals surface area contributed by atoms with Crippen molar-refractivity contribution in [2.75, 3.05) is 50.7 Å². The Bertz CT molecular complexity index is 1450. The van der Waals surface area contributed by atoms with Gasteiger partial charge in [-0.05, 0) is 106 Å². The summed E-state index contributed by atoms with van der Waals surface area (Å²) >= 11 is 0. The molecule has 0 aromatic heterocycles. The third-order valence-electron chi connectivity index (χ3n) is 8.92. The fourth-order valence-electron chi connectivity index (χ4n) is 6.00. The summed E-state index contributed by atoms with van der Waals surface area (Å²) in [6, 6.07) is 19.6. The molecular formula is C39H54N4O6. The number of amides is 3. The van der Waals surface area contributed by atoms with Crippen molar-refractivity contribution in [3.63, 3.8) is 0 Å². The number of anilines is 2. The lowest BCUT2D eigenvalue weighted by atomic mass is 10.1. The second-order valence-corrected chi connectivity index (χ2v) is 12.6. The number of piperidine rings is 1. The minimum absolute atomic E-state index is 0.115. The minimum atomic E-state index is -0.264. The monoisotopic (exact) mass is 674 g/mol. The van der Waals surface area contributed by atoms with E-state index in [1.54, 1.807) is 37.3 Å². The molecule has 49 heavy (non-hydrogen) atoms. The van der Waals surface area contributed by atoms with Crippen molar-refractivity contribution in [3.8, 4) is 23.0 Å². The number of hydrogen-bond acceptors (Lipinski definition) is 7. The summed E-state index contributed by atoms with van der Waals surface area (Å²) in [5.74, 6) is 2.18. The summed E-state index contributed by atoms with van der Waals surface area (Å²) in [7, 11) is 3.18. The molecule has 0 saturated carbocycles. The van der Waals surface area contributed by atoms with Gasteiger partial charge in [-0.2, -0.15) is 0 Å². The number of unbranched alkanes of at least 4 members (excludes halogenated alkanes) is 1. The van der Waals surface area contributed by atoms with Crippen molar-refractivity contribution in [2.24, 2.45) is 0 Å². The molecule has 3 amide bonds. The van der Waals surface area contributed by atoms with Gasteiger partial charge in [0, 0.05) is 49.2 Å². The Hall–Kier alpha value is -4.28. The van der Waals surface area contributed by atoms with Gasteiger partial charge >= 0.3 is 6.03 Å². The van der Waals surface area contributed by atoms with E-state index in [0.717, 1.165) is 51.1 Å². The summed E-state index contributed by atoms with van der Waals surface area (Å²) < 4.78 is 23.4. The maximum atomic E-state index is 13.9. The summed E-state index contributed by atoms with van der Waals surface area (Å²) in [5, 5.41) is 5.82. The Balaban J connectivity index is 1.41. The largest absolute Gasteiger partial charge is 0.493 e. The highest BCUT2D eigenvalue weighted by Crippen LogP contribution is 2.35. The molecule has 266 valence electrons. The number of carbonyl (C=O) groups excluding carboxylic acids is 2. The van der Waals surface area contributed by atoms with Crippen molar-refractivity contribution < 1.29 is 28.5 Å². The Labute approximate surface area is 292 Å². The van der Waals surface area contributed by atoms with E-state index in [-0.39, 0.29) is 30.1 Å². The molecule has 1 heterocycles. The van der Waals surface area contributed by atoms with Crippen molar-refractivity contribution >= 4 is 23.3 Å². The zero-order valence-electron chi connectivity index (χ0n) is 30.0. The van der Waals surface area contributed by atoms with Gasteiger partial charge in [0.1, 0.15) is 17.6 Å². The lowest BCUT2D eigenvalue weighted by molar-refractivity contribution is 0.0955. The van der Waals surface area contributed by atoms with E-state index in [1.807, 2.05) is 69.3 Å². The average molecular weight is 675 g/mol. The maximum absolute atomic E-state index is 13.9. The second-order valence-electron chi connectivity index (χ2n) is 12.6. The normalized spacial score (nSPS) is 14.3. The van der Waals surface area contributed by atoms with Crippen molar-refractivity contribution in [3.05, 3.63) is 72.3 Å². The number of rotatable bonds is 17. The summed E-state index contributed by atoms with van der Waals surface area (Å²) in [6.07, 6.45) is 6.39. The summed E-state index contributed by atoms with van der Waals surface area (Å²) in [5.41, 5.74) is 1.87. The lowest BCUT2D eigenvalue weighted by Gasteiger charge is -2.32. The van der Waals surface area contributed by atoms with E-state index in [4.69, 9.17) is 18.9 Å². The predicted molar refractivity (Wildman–Crippen MR) is 196 cm³/mol. The van der Waals surface area contributed by atoms with Gasteiger partial charge in [-0.15, -0.1) is 0 Å². The van der Waals surface area contributed by atoms with Crippen LogP contribution in [-0.4, -0.2) is 75.5 Å². The number of nitrogens with zero attached hydrogens (tertiary/aromatic N) is 2. The first-order valence-electron chi connectivity index (χ1n) is 17.6. The Morgan fingerprint density at radius 1 is 0.898 bits per heavy atom. The number of hydrogen-bond donors (Lipinski definition) is 2. The molecule has 0 bridgehead atoms. The van der Waals surface area contributed by atoms with Gasteiger partial charge in [-0.1, -0.05) is 27.2 Å². The van der Waals surface area contributed by atoms with Crippen LogP contribution in [0.2, 0.25) is 0 Å². The highest BCUT2D eigenvalue weighted by molar-refractivity contribution is 6.06. The van der Waals surface area contributed by atoms with E-state index >= 15 is 0 Å². The van der Waals surface area contributed by atoms with Crippen LogP contribution in [0.3, 0.4) is 0 Å². The molecule has 0 aliphatic carbocycles. The van der Waals surface area contributed by atoms with Crippen LogP contribution in [-0.2, 0) is 4.74 Å². The van der Waals surface area contributed by atoms with Crippen LogP contribution in [0.4, 0.5) is 16.2 Å². The molecule has 10 heteroatoms. The van der Waals surface area contributed by atoms with Crippen LogP contribution in [0.15, 0.2) is 66.7 Å². The third-order valence-corrected chi connectivity index (χ3v) is 8.92. The van der Waals surface area contributed by atoms with Gasteiger partial charge in [0.25, 0.3) is 5.91 Å². The van der Waals surface area contributed by atoms with Crippen molar-refractivity contribution in [1.29, 1.82) is 0 Å². The number of urea groups is 1. The smallest absolute Gasteiger partial charge is 0.319 e. The number of benzene rings is 3. The summed E-state index contributed by atoms with van der Waals surface area (Å²) in [6.45, 7) is 11.9. The summed E-state index contributed by atoms with van der Waals surface area (Å²) in [4.78, 5) is 30.6. The van der Waals surface area contributed by atoms with Crippen LogP contribution >= 0.6 is 0 Å². The molecule has 3 aromatic rings. The molecular weight excluding hydrogens is 620 g/mol. The highest BCUT2D eigenvalue weighted by atomic mass is 16.5. The van der Waals surface area contributed by atoms with E-state index in [9.17, 15) is 9.59 Å². The number of methoxy groups -OCH3 is 2. The van der Waals surface area contributed by atoms with Crippen LogP contribution in [0, 0.1) is 0 Å². The van der Waals surface area contributed by atoms with E-state index in [2.05, 4.69) is 22.5 Å². The Morgan fingerprint density at radius 3 is 2.18 bits per heavy atom. The Morgan fingerprint density at radius 2 is 1.57 bits per heavy atom. The predicted octanol–water partition coefficient (Wildman–Crippen LogP) is 8.12. The van der Waals surface area contributed by atoms with Crippen molar-refractivity contribution in [1.82, 2.24) is 10.2 Å². The maximum Gasteiger partial charge on any atom is 0.319 e. The standard InChI is InChI=1S/C39H54N4O6/c1-7-10-23-42-24-21-35(22-25-42)48-33-16-11-29(12-17-33)38(44)43(28(4)27-46-5)32-14-18-34(19-15-32)49-36-20-13-31(26-37(36)47-6)41-39(45)40-30(8-2)9-3/h11-20,26,28,30,35H,7-10,21-25,27H2,1-6H3,(H2,40,41,45). The number of ether oxygens (including phenoxy) is 4. The van der Waals surface area contributed by atoms with E-state index in [0.29, 0.717) is 40.8 Å². The molecule has 0 spiro atoms. The molecule has 1 aliphatic heterocycles. The topological polar surface area (TPSA) is 102 Å². The minimum Gasteiger partial charge on any atom is -0.493 e. The van der Waals surface area contributed by atoms with Crippen LogP contribution < -0.4 is 29.7 Å². The van der Waals surface area contributed by atoms with E-state index < -0.39 is 0 Å². The van der Waals surface area contributed by atoms with Crippen LogP contribution in [0.25, 0.3) is 0 Å². The molecule has 1 unspecified atom stereocenters. The zero-order chi connectivity index (χ0) is 35.2. The SMILES string of the molecule is CCCCN1CCC(Oc2ccc(C(=O)N(c3ccc(Oc4ccc(NC(=O)NC(CC)CC)cc4OC)cc3)C(C)COC)cc2)CC1. The quantitative estimate of drug-likeness (QED) is 0.149. The molecule has 10 nitrogen and oxygen atoms in total. The fourth-order valence-corrected chi connectivity index (χ4v) is 6.00. The fraction of sp³-hybridized carbons (Fsp3) is 0.487.